The fourth-order valence-electron chi connectivity index (χ4n) is 2.87. The van der Waals surface area contributed by atoms with Crippen LogP contribution in [-0.4, -0.2) is 66.2 Å². The molecule has 0 heterocycles. The zero-order chi connectivity index (χ0) is 27.7. The van der Waals surface area contributed by atoms with Crippen LogP contribution in [0.4, 0.5) is 0 Å². The molecule has 0 aromatic heterocycles. The summed E-state index contributed by atoms with van der Waals surface area (Å²) in [5.41, 5.74) is -2.50. The van der Waals surface area contributed by atoms with Gasteiger partial charge in [-0.3, -0.25) is 19.2 Å². The molecular weight excluding hydrogens is 452 g/mol. The molecule has 0 aliphatic carbocycles. The Morgan fingerprint density at radius 2 is 1.51 bits per heavy atom. The number of hydrogen-bond acceptors (Lipinski definition) is 6. The fraction of sp³-hybridized carbons (Fsp3) is 0.846. The number of hydrogen-bond donors (Lipinski definition) is 3. The maximum Gasteiger partial charge on any atom is 0.306 e. The summed E-state index contributed by atoms with van der Waals surface area (Å²) in [7, 11) is 0. The quantitative estimate of drug-likeness (QED) is 0.279. The lowest BCUT2D eigenvalue weighted by Crippen LogP contribution is -2.49. The molecule has 0 saturated carbocycles. The average Bonchev–Trinajstić information content (AvgIpc) is 2.68. The third-order valence-electron chi connectivity index (χ3n) is 6.08. The number of carboxylic acids is 1. The molecule has 35 heavy (non-hydrogen) atoms. The first kappa shape index (κ1) is 33.0. The van der Waals surface area contributed by atoms with Crippen molar-refractivity contribution in [2.45, 2.75) is 99.6 Å². The average molecular weight is 501 g/mol. The van der Waals surface area contributed by atoms with E-state index in [9.17, 15) is 19.2 Å². The first-order chi connectivity index (χ1) is 15.7. The molecule has 0 spiro atoms. The van der Waals surface area contributed by atoms with Crippen LogP contribution in [0, 0.1) is 16.7 Å². The number of aliphatic carboxylic acids is 1. The van der Waals surface area contributed by atoms with Gasteiger partial charge < -0.3 is 25.2 Å². The summed E-state index contributed by atoms with van der Waals surface area (Å²) in [6.45, 7) is 19.2. The van der Waals surface area contributed by atoms with Crippen molar-refractivity contribution in [1.82, 2.24) is 10.6 Å². The van der Waals surface area contributed by atoms with Crippen LogP contribution in [0.15, 0.2) is 0 Å². The highest BCUT2D eigenvalue weighted by atomic mass is 16.5. The summed E-state index contributed by atoms with van der Waals surface area (Å²) < 4.78 is 11.6. The van der Waals surface area contributed by atoms with E-state index in [1.54, 1.807) is 27.7 Å². The van der Waals surface area contributed by atoms with Crippen LogP contribution < -0.4 is 10.6 Å². The molecule has 0 bridgehead atoms. The van der Waals surface area contributed by atoms with Crippen LogP contribution in [0.25, 0.3) is 0 Å². The Bertz CT molecular complexity index is 742. The van der Waals surface area contributed by atoms with E-state index in [1.165, 1.54) is 0 Å². The van der Waals surface area contributed by atoms with Gasteiger partial charge in [-0.2, -0.15) is 0 Å². The molecule has 3 N–H and O–H groups in total. The summed E-state index contributed by atoms with van der Waals surface area (Å²) in [6.07, 6.45) is 0.892. The van der Waals surface area contributed by atoms with Crippen LogP contribution in [-0.2, 0) is 28.7 Å². The highest BCUT2D eigenvalue weighted by Crippen LogP contribution is 2.21. The molecule has 0 aromatic rings. The maximum absolute atomic E-state index is 12.7. The molecule has 0 aromatic carbocycles. The van der Waals surface area contributed by atoms with E-state index in [4.69, 9.17) is 14.6 Å². The Labute approximate surface area is 211 Å². The lowest BCUT2D eigenvalue weighted by Gasteiger charge is -2.31. The van der Waals surface area contributed by atoms with E-state index in [1.807, 2.05) is 41.5 Å². The second-order valence-electron chi connectivity index (χ2n) is 12.1. The molecular formula is C26H48N2O7. The predicted octanol–water partition coefficient (Wildman–Crippen LogP) is 3.34. The minimum Gasteiger partial charge on any atom is -0.481 e. The van der Waals surface area contributed by atoms with E-state index in [-0.39, 0.29) is 42.5 Å². The minimum absolute atomic E-state index is 0.0676. The van der Waals surface area contributed by atoms with Gasteiger partial charge in [0.2, 0.25) is 5.91 Å². The smallest absolute Gasteiger partial charge is 0.306 e. The first-order valence-corrected chi connectivity index (χ1v) is 12.3. The summed E-state index contributed by atoms with van der Waals surface area (Å²) in [6, 6.07) is 0. The SMILES string of the molecule is CC(=O)C(C)(C)COCC(C)(C)CNC(=O)C(C)(C)OCCC(C)(C)NC(=O)CC[C@H](C)C(=O)O. The third kappa shape index (κ3) is 13.6. The van der Waals surface area contributed by atoms with Gasteiger partial charge in [-0.15, -0.1) is 0 Å². The zero-order valence-corrected chi connectivity index (χ0v) is 23.4. The lowest BCUT2D eigenvalue weighted by atomic mass is 9.89. The number of amides is 2. The number of carbonyl (C=O) groups excluding carboxylic acids is 3. The van der Waals surface area contributed by atoms with Crippen molar-refractivity contribution < 1.29 is 33.8 Å². The van der Waals surface area contributed by atoms with Gasteiger partial charge in [0, 0.05) is 29.3 Å². The Morgan fingerprint density at radius 3 is 2.03 bits per heavy atom. The van der Waals surface area contributed by atoms with Crippen molar-refractivity contribution in [1.29, 1.82) is 0 Å². The monoisotopic (exact) mass is 500 g/mol. The Morgan fingerprint density at radius 1 is 0.943 bits per heavy atom. The van der Waals surface area contributed by atoms with Gasteiger partial charge in [-0.05, 0) is 47.5 Å². The van der Waals surface area contributed by atoms with Crippen LogP contribution in [0.5, 0.6) is 0 Å². The van der Waals surface area contributed by atoms with Crippen molar-refractivity contribution in [3.05, 3.63) is 0 Å². The number of rotatable bonds is 17. The first-order valence-electron chi connectivity index (χ1n) is 12.3. The number of carbonyl (C=O) groups is 4. The molecule has 0 radical (unpaired) electrons. The molecule has 2 amide bonds. The van der Waals surface area contributed by atoms with E-state index < -0.39 is 28.4 Å². The highest BCUT2D eigenvalue weighted by molar-refractivity contribution is 5.84. The molecule has 0 aliphatic heterocycles. The molecule has 0 rings (SSSR count). The molecule has 9 nitrogen and oxygen atoms in total. The molecule has 0 aliphatic rings. The largest absolute Gasteiger partial charge is 0.481 e. The summed E-state index contributed by atoms with van der Waals surface area (Å²) in [5, 5.41) is 14.8. The predicted molar refractivity (Wildman–Crippen MR) is 135 cm³/mol. The van der Waals surface area contributed by atoms with Gasteiger partial charge in [-0.25, -0.2) is 0 Å². The topological polar surface area (TPSA) is 131 Å². The number of carboxylic acid groups (broad SMARTS) is 1. The van der Waals surface area contributed by atoms with Crippen molar-refractivity contribution in [3.63, 3.8) is 0 Å². The standard InChI is InChI=1S/C26H48N2O7/c1-18(21(31)32)11-12-20(30)28-25(7,8)13-14-35-26(9,10)22(33)27-15-23(3,4)16-34-17-24(5,6)19(2)29/h18H,11-17H2,1-10H3,(H,27,33)(H,28,30)(H,31,32)/t18-/m0/s1. The second-order valence-corrected chi connectivity index (χ2v) is 12.1. The highest BCUT2D eigenvalue weighted by Gasteiger charge is 2.32. The van der Waals surface area contributed by atoms with E-state index in [0.717, 1.165) is 0 Å². The Balaban J connectivity index is 4.52. The summed E-state index contributed by atoms with van der Waals surface area (Å²) in [4.78, 5) is 47.4. The fourth-order valence-corrected chi connectivity index (χ4v) is 2.87. The summed E-state index contributed by atoms with van der Waals surface area (Å²) in [5.74, 6) is -1.89. The van der Waals surface area contributed by atoms with Crippen molar-refractivity contribution in [2.75, 3.05) is 26.4 Å². The van der Waals surface area contributed by atoms with Crippen LogP contribution in [0.3, 0.4) is 0 Å². The maximum atomic E-state index is 12.7. The van der Waals surface area contributed by atoms with Crippen molar-refractivity contribution in [3.8, 4) is 0 Å². The van der Waals surface area contributed by atoms with Gasteiger partial charge in [0.05, 0.1) is 25.7 Å². The summed E-state index contributed by atoms with van der Waals surface area (Å²) >= 11 is 0. The lowest BCUT2D eigenvalue weighted by molar-refractivity contribution is -0.144. The van der Waals surface area contributed by atoms with Crippen molar-refractivity contribution >= 4 is 23.6 Å². The normalized spacial score (nSPS) is 13.8. The zero-order valence-electron chi connectivity index (χ0n) is 23.4. The number of ether oxygens (including phenoxy) is 2. The molecule has 0 unspecified atom stereocenters. The molecule has 1 atom stereocenters. The van der Waals surface area contributed by atoms with Crippen LogP contribution in [0.2, 0.25) is 0 Å². The van der Waals surface area contributed by atoms with E-state index in [0.29, 0.717) is 26.2 Å². The van der Waals surface area contributed by atoms with Gasteiger partial charge in [-0.1, -0.05) is 34.6 Å². The van der Waals surface area contributed by atoms with Crippen LogP contribution in [0.1, 0.15) is 88.5 Å². The number of ketones is 1. The number of Topliss-reactive ketones (excluding diaryl/α,β-unsaturated/α-hetero) is 1. The van der Waals surface area contributed by atoms with E-state index >= 15 is 0 Å². The van der Waals surface area contributed by atoms with Crippen LogP contribution >= 0.6 is 0 Å². The molecule has 0 saturated heterocycles. The molecule has 9 heteroatoms. The van der Waals surface area contributed by atoms with Gasteiger partial charge >= 0.3 is 5.97 Å². The van der Waals surface area contributed by atoms with Gasteiger partial charge in [0.15, 0.2) is 0 Å². The third-order valence-corrected chi connectivity index (χ3v) is 6.08. The van der Waals surface area contributed by atoms with E-state index in [2.05, 4.69) is 10.6 Å². The van der Waals surface area contributed by atoms with Gasteiger partial charge in [0.1, 0.15) is 11.4 Å². The molecule has 0 fully saturated rings. The minimum atomic E-state index is -1.06. The van der Waals surface area contributed by atoms with Crippen molar-refractivity contribution in [2.24, 2.45) is 16.7 Å². The Hall–Kier alpha value is -2.00. The Kier molecular flexibility index (Phi) is 12.6. The number of nitrogens with one attached hydrogen (secondary N) is 2. The van der Waals surface area contributed by atoms with Gasteiger partial charge in [0.25, 0.3) is 5.91 Å². The molecule has 204 valence electrons. The second kappa shape index (κ2) is 13.3.